The Morgan fingerprint density at radius 3 is 2.31 bits per heavy atom. The Morgan fingerprint density at radius 2 is 1.75 bits per heavy atom. The van der Waals surface area contributed by atoms with E-state index in [4.69, 9.17) is 20.3 Å². The third kappa shape index (κ3) is 4.29. The first-order chi connectivity index (χ1) is 7.65. The van der Waals surface area contributed by atoms with Gasteiger partial charge in [0.2, 0.25) is 0 Å². The second kappa shape index (κ2) is 7.11. The summed E-state index contributed by atoms with van der Waals surface area (Å²) in [7, 11) is 0. The highest BCUT2D eigenvalue weighted by Crippen LogP contribution is 2.35. The summed E-state index contributed by atoms with van der Waals surface area (Å²) in [6.45, 7) is 1.20. The molecule has 0 aliphatic rings. The van der Waals surface area contributed by atoms with Crippen molar-refractivity contribution in [3.8, 4) is 5.75 Å². The van der Waals surface area contributed by atoms with Crippen molar-refractivity contribution in [1.82, 2.24) is 0 Å². The van der Waals surface area contributed by atoms with Gasteiger partial charge in [0.05, 0.1) is 28.8 Å². The van der Waals surface area contributed by atoms with Gasteiger partial charge in [-0.15, -0.1) is 0 Å². The van der Waals surface area contributed by atoms with Gasteiger partial charge in [-0.05, 0) is 44.0 Å². The topological polar surface area (TPSA) is 64.7 Å². The maximum atomic E-state index is 8.51. The Balaban J connectivity index is 2.47. The monoisotopic (exact) mass is 353 g/mol. The van der Waals surface area contributed by atoms with Crippen LogP contribution in [0.25, 0.3) is 0 Å². The maximum absolute atomic E-state index is 8.51. The van der Waals surface area contributed by atoms with Crippen LogP contribution < -0.4 is 10.5 Å². The highest BCUT2D eigenvalue weighted by Gasteiger charge is 2.07. The van der Waals surface area contributed by atoms with E-state index in [1.54, 1.807) is 12.1 Å². The molecule has 0 bridgehead atoms. The fourth-order valence-corrected chi connectivity index (χ4v) is 2.54. The number of benzene rings is 1. The first-order valence-electron chi connectivity index (χ1n) is 4.71. The van der Waals surface area contributed by atoms with Crippen LogP contribution in [-0.4, -0.2) is 31.5 Å². The molecule has 0 radical (unpaired) electrons. The quantitative estimate of drug-likeness (QED) is 0.607. The van der Waals surface area contributed by atoms with E-state index in [0.29, 0.717) is 31.3 Å². The van der Waals surface area contributed by atoms with Crippen molar-refractivity contribution in [3.63, 3.8) is 0 Å². The zero-order valence-electron chi connectivity index (χ0n) is 8.58. The number of rotatable bonds is 6. The molecule has 0 aromatic heterocycles. The second-order valence-electron chi connectivity index (χ2n) is 3.00. The molecule has 0 heterocycles. The smallest absolute Gasteiger partial charge is 0.147 e. The van der Waals surface area contributed by atoms with Crippen molar-refractivity contribution in [2.45, 2.75) is 0 Å². The third-order valence-corrected chi connectivity index (χ3v) is 2.91. The molecule has 0 spiro atoms. The number of ether oxygens (including phenoxy) is 2. The van der Waals surface area contributed by atoms with E-state index in [1.165, 1.54) is 0 Å². The van der Waals surface area contributed by atoms with Gasteiger partial charge >= 0.3 is 0 Å². The van der Waals surface area contributed by atoms with E-state index < -0.39 is 0 Å². The lowest BCUT2D eigenvalue weighted by Crippen LogP contribution is -2.09. The van der Waals surface area contributed by atoms with Crippen molar-refractivity contribution in [1.29, 1.82) is 0 Å². The molecule has 6 heteroatoms. The Labute approximate surface area is 111 Å². The minimum atomic E-state index is 0.0231. The molecule has 0 aliphatic heterocycles. The average molecular weight is 355 g/mol. The second-order valence-corrected chi connectivity index (χ2v) is 4.71. The van der Waals surface area contributed by atoms with Crippen molar-refractivity contribution in [2.75, 3.05) is 32.2 Å². The fourth-order valence-electron chi connectivity index (χ4n) is 1.09. The number of nitrogens with two attached hydrogens (primary N) is 1. The molecule has 4 nitrogen and oxygen atoms in total. The molecule has 3 N–H and O–H groups in total. The fraction of sp³-hybridized carbons (Fsp3) is 0.400. The van der Waals surface area contributed by atoms with E-state index in [2.05, 4.69) is 31.9 Å². The number of halogens is 2. The molecule has 0 atom stereocenters. The largest absolute Gasteiger partial charge is 0.489 e. The zero-order chi connectivity index (χ0) is 12.0. The van der Waals surface area contributed by atoms with Crippen LogP contribution in [0.5, 0.6) is 5.75 Å². The molecular formula is C10H13Br2NO3. The summed E-state index contributed by atoms with van der Waals surface area (Å²) in [6, 6.07) is 3.54. The maximum Gasteiger partial charge on any atom is 0.147 e. The van der Waals surface area contributed by atoms with E-state index in [9.17, 15) is 0 Å². The van der Waals surface area contributed by atoms with Gasteiger partial charge in [0.1, 0.15) is 12.4 Å². The van der Waals surface area contributed by atoms with Crippen LogP contribution in [0.15, 0.2) is 21.1 Å². The first kappa shape index (κ1) is 13.8. The molecular weight excluding hydrogens is 342 g/mol. The molecule has 0 saturated heterocycles. The molecule has 16 heavy (non-hydrogen) atoms. The molecule has 0 saturated carbocycles. The summed E-state index contributed by atoms with van der Waals surface area (Å²) in [5.41, 5.74) is 6.31. The highest BCUT2D eigenvalue weighted by molar-refractivity contribution is 9.11. The van der Waals surface area contributed by atoms with Crippen LogP contribution in [0.1, 0.15) is 0 Å². The Hall–Kier alpha value is -0.300. The SMILES string of the molecule is Nc1cc(Br)c(OCCOCCO)c(Br)c1. The summed E-state index contributed by atoms with van der Waals surface area (Å²) >= 11 is 6.73. The number of anilines is 1. The molecule has 90 valence electrons. The van der Waals surface area contributed by atoms with E-state index >= 15 is 0 Å². The molecule has 1 aromatic rings. The van der Waals surface area contributed by atoms with Gasteiger partial charge in [-0.25, -0.2) is 0 Å². The summed E-state index contributed by atoms with van der Waals surface area (Å²) < 4.78 is 12.2. The van der Waals surface area contributed by atoms with Crippen molar-refractivity contribution < 1.29 is 14.6 Å². The lowest BCUT2D eigenvalue weighted by atomic mass is 10.3. The predicted molar refractivity (Wildman–Crippen MR) is 69.7 cm³/mol. The molecule has 0 unspecified atom stereocenters. The van der Waals surface area contributed by atoms with E-state index in [0.717, 1.165) is 8.95 Å². The summed E-state index contributed by atoms with van der Waals surface area (Å²) in [5.74, 6) is 0.696. The lowest BCUT2D eigenvalue weighted by molar-refractivity contribution is 0.0702. The van der Waals surface area contributed by atoms with Gasteiger partial charge in [0.15, 0.2) is 0 Å². The van der Waals surface area contributed by atoms with Crippen LogP contribution in [0.2, 0.25) is 0 Å². The Morgan fingerprint density at radius 1 is 1.12 bits per heavy atom. The van der Waals surface area contributed by atoms with E-state index in [-0.39, 0.29) is 6.61 Å². The van der Waals surface area contributed by atoms with Gasteiger partial charge < -0.3 is 20.3 Å². The lowest BCUT2D eigenvalue weighted by Gasteiger charge is -2.11. The number of aliphatic hydroxyl groups is 1. The number of hydrogen-bond donors (Lipinski definition) is 2. The molecule has 0 aliphatic carbocycles. The van der Waals surface area contributed by atoms with Crippen molar-refractivity contribution in [2.24, 2.45) is 0 Å². The van der Waals surface area contributed by atoms with Crippen LogP contribution in [0.4, 0.5) is 5.69 Å². The zero-order valence-corrected chi connectivity index (χ0v) is 11.8. The minimum absolute atomic E-state index is 0.0231. The number of aliphatic hydroxyl groups excluding tert-OH is 1. The summed E-state index contributed by atoms with van der Waals surface area (Å²) in [6.07, 6.45) is 0. The Bertz CT molecular complexity index is 324. The molecule has 0 fully saturated rings. The van der Waals surface area contributed by atoms with Crippen LogP contribution in [0, 0.1) is 0 Å². The van der Waals surface area contributed by atoms with Crippen LogP contribution in [-0.2, 0) is 4.74 Å². The molecule has 1 rings (SSSR count). The number of hydrogen-bond acceptors (Lipinski definition) is 4. The first-order valence-corrected chi connectivity index (χ1v) is 6.29. The molecule has 1 aromatic carbocycles. The number of nitrogen functional groups attached to an aromatic ring is 1. The summed E-state index contributed by atoms with van der Waals surface area (Å²) in [4.78, 5) is 0. The molecule has 0 amide bonds. The predicted octanol–water partition coefficient (Wildman–Crippen LogP) is 2.18. The Kier molecular flexibility index (Phi) is 6.12. The normalized spacial score (nSPS) is 10.4. The van der Waals surface area contributed by atoms with Gasteiger partial charge in [0.25, 0.3) is 0 Å². The average Bonchev–Trinajstić information content (AvgIpc) is 2.20. The van der Waals surface area contributed by atoms with E-state index in [1.807, 2.05) is 0 Å². The van der Waals surface area contributed by atoms with Crippen LogP contribution in [0.3, 0.4) is 0 Å². The summed E-state index contributed by atoms with van der Waals surface area (Å²) in [5, 5.41) is 8.51. The minimum Gasteiger partial charge on any atom is -0.489 e. The van der Waals surface area contributed by atoms with Gasteiger partial charge in [-0.2, -0.15) is 0 Å². The van der Waals surface area contributed by atoms with Crippen molar-refractivity contribution in [3.05, 3.63) is 21.1 Å². The van der Waals surface area contributed by atoms with Crippen molar-refractivity contribution >= 4 is 37.5 Å². The standard InChI is InChI=1S/C10H13Br2NO3/c11-8-5-7(13)6-9(12)10(8)16-4-3-15-2-1-14/h5-6,14H,1-4,13H2. The van der Waals surface area contributed by atoms with Gasteiger partial charge in [-0.3, -0.25) is 0 Å². The van der Waals surface area contributed by atoms with Gasteiger partial charge in [-0.1, -0.05) is 0 Å². The van der Waals surface area contributed by atoms with Crippen LogP contribution >= 0.6 is 31.9 Å². The third-order valence-electron chi connectivity index (χ3n) is 1.73. The van der Waals surface area contributed by atoms with Gasteiger partial charge in [0, 0.05) is 5.69 Å². The highest BCUT2D eigenvalue weighted by atomic mass is 79.9.